The average molecular weight is 308 g/mol. The number of hydrogen-bond acceptors (Lipinski definition) is 2. The van der Waals surface area contributed by atoms with Gasteiger partial charge in [0.2, 0.25) is 0 Å². The SMILES string of the molecule is Cc1cc(OCC(=O)Nc2cc(F)ccc2C)ccc1Cl. The predicted molar refractivity (Wildman–Crippen MR) is 81.5 cm³/mol. The van der Waals surface area contributed by atoms with Crippen LogP contribution in [0.2, 0.25) is 5.02 Å². The number of halogens is 2. The Morgan fingerprint density at radius 2 is 1.95 bits per heavy atom. The van der Waals surface area contributed by atoms with E-state index in [1.165, 1.54) is 12.1 Å². The molecule has 0 bridgehead atoms. The zero-order valence-electron chi connectivity index (χ0n) is 11.7. The number of hydrogen-bond donors (Lipinski definition) is 1. The van der Waals surface area contributed by atoms with Crippen LogP contribution in [0.5, 0.6) is 5.75 Å². The average Bonchev–Trinajstić information content (AvgIpc) is 2.44. The summed E-state index contributed by atoms with van der Waals surface area (Å²) in [6.07, 6.45) is 0. The number of anilines is 1. The van der Waals surface area contributed by atoms with Crippen LogP contribution in [0.25, 0.3) is 0 Å². The Labute approximate surface area is 127 Å². The zero-order chi connectivity index (χ0) is 15.4. The van der Waals surface area contributed by atoms with Crippen molar-refractivity contribution in [3.05, 3.63) is 58.4 Å². The number of rotatable bonds is 4. The highest BCUT2D eigenvalue weighted by atomic mass is 35.5. The fourth-order valence-electron chi connectivity index (χ4n) is 1.77. The fourth-order valence-corrected chi connectivity index (χ4v) is 1.89. The lowest BCUT2D eigenvalue weighted by Crippen LogP contribution is -2.20. The molecule has 0 aliphatic carbocycles. The summed E-state index contributed by atoms with van der Waals surface area (Å²) in [6, 6.07) is 9.38. The molecule has 0 heterocycles. The molecule has 5 heteroatoms. The second-order valence-corrected chi connectivity index (χ2v) is 5.11. The highest BCUT2D eigenvalue weighted by molar-refractivity contribution is 6.31. The Morgan fingerprint density at radius 1 is 1.19 bits per heavy atom. The molecule has 0 atom stereocenters. The van der Waals surface area contributed by atoms with E-state index in [9.17, 15) is 9.18 Å². The first-order chi connectivity index (χ1) is 9.95. The third-order valence-corrected chi connectivity index (χ3v) is 3.40. The number of amides is 1. The Morgan fingerprint density at radius 3 is 2.67 bits per heavy atom. The summed E-state index contributed by atoms with van der Waals surface area (Å²) in [4.78, 5) is 11.8. The van der Waals surface area contributed by atoms with Crippen LogP contribution in [0.1, 0.15) is 11.1 Å². The van der Waals surface area contributed by atoms with Gasteiger partial charge in [-0.3, -0.25) is 4.79 Å². The first-order valence-electron chi connectivity index (χ1n) is 6.40. The monoisotopic (exact) mass is 307 g/mol. The van der Waals surface area contributed by atoms with Crippen molar-refractivity contribution in [2.24, 2.45) is 0 Å². The van der Waals surface area contributed by atoms with E-state index < -0.39 is 5.82 Å². The van der Waals surface area contributed by atoms with Gasteiger partial charge in [0.25, 0.3) is 5.91 Å². The molecule has 0 spiro atoms. The van der Waals surface area contributed by atoms with E-state index in [0.29, 0.717) is 16.5 Å². The van der Waals surface area contributed by atoms with Gasteiger partial charge >= 0.3 is 0 Å². The Hall–Kier alpha value is -2.07. The van der Waals surface area contributed by atoms with Crippen molar-refractivity contribution < 1.29 is 13.9 Å². The lowest BCUT2D eigenvalue weighted by atomic mass is 10.2. The van der Waals surface area contributed by atoms with Crippen molar-refractivity contribution in [3.63, 3.8) is 0 Å². The summed E-state index contributed by atoms with van der Waals surface area (Å²) in [5.74, 6) is -0.190. The molecule has 0 aliphatic rings. The van der Waals surface area contributed by atoms with E-state index in [4.69, 9.17) is 16.3 Å². The summed E-state index contributed by atoms with van der Waals surface area (Å²) < 4.78 is 18.5. The highest BCUT2D eigenvalue weighted by Crippen LogP contribution is 2.21. The number of ether oxygens (including phenoxy) is 1. The van der Waals surface area contributed by atoms with Gasteiger partial charge in [-0.15, -0.1) is 0 Å². The maximum absolute atomic E-state index is 13.1. The molecule has 0 radical (unpaired) electrons. The molecule has 21 heavy (non-hydrogen) atoms. The second-order valence-electron chi connectivity index (χ2n) is 4.71. The standard InChI is InChI=1S/C16H15ClFNO2/c1-10-3-4-12(18)8-15(10)19-16(20)9-21-13-5-6-14(17)11(2)7-13/h3-8H,9H2,1-2H3,(H,19,20). The summed E-state index contributed by atoms with van der Waals surface area (Å²) in [5.41, 5.74) is 2.10. The number of carbonyl (C=O) groups is 1. The Bertz CT molecular complexity index is 673. The molecule has 0 fully saturated rings. The lowest BCUT2D eigenvalue weighted by Gasteiger charge is -2.10. The summed E-state index contributed by atoms with van der Waals surface area (Å²) in [7, 11) is 0. The molecule has 3 nitrogen and oxygen atoms in total. The highest BCUT2D eigenvalue weighted by Gasteiger charge is 2.07. The zero-order valence-corrected chi connectivity index (χ0v) is 12.5. The molecule has 110 valence electrons. The smallest absolute Gasteiger partial charge is 0.262 e. The molecule has 0 aromatic heterocycles. The van der Waals surface area contributed by atoms with Gasteiger partial charge in [-0.25, -0.2) is 4.39 Å². The third kappa shape index (κ3) is 4.20. The van der Waals surface area contributed by atoms with Crippen molar-refractivity contribution in [2.75, 3.05) is 11.9 Å². The number of aryl methyl sites for hydroxylation is 2. The fraction of sp³-hybridized carbons (Fsp3) is 0.188. The predicted octanol–water partition coefficient (Wildman–Crippen LogP) is 4.11. The van der Waals surface area contributed by atoms with E-state index in [1.54, 1.807) is 31.2 Å². The van der Waals surface area contributed by atoms with Crippen LogP contribution in [0.3, 0.4) is 0 Å². The maximum Gasteiger partial charge on any atom is 0.262 e. The van der Waals surface area contributed by atoms with Gasteiger partial charge in [-0.1, -0.05) is 17.7 Å². The minimum absolute atomic E-state index is 0.156. The number of nitrogens with one attached hydrogen (secondary N) is 1. The van der Waals surface area contributed by atoms with Crippen molar-refractivity contribution >= 4 is 23.2 Å². The Balaban J connectivity index is 1.95. The summed E-state index contributed by atoms with van der Waals surface area (Å²) >= 11 is 5.91. The van der Waals surface area contributed by atoms with Crippen LogP contribution in [-0.2, 0) is 4.79 Å². The van der Waals surface area contributed by atoms with Gasteiger partial charge in [0.15, 0.2) is 6.61 Å². The van der Waals surface area contributed by atoms with Gasteiger partial charge in [0.05, 0.1) is 0 Å². The van der Waals surface area contributed by atoms with Gasteiger partial charge in [-0.05, 0) is 55.3 Å². The molecule has 2 aromatic carbocycles. The summed E-state index contributed by atoms with van der Waals surface area (Å²) in [6.45, 7) is 3.49. The molecular formula is C16H15ClFNO2. The second kappa shape index (κ2) is 6.59. The number of carbonyl (C=O) groups excluding carboxylic acids is 1. The van der Waals surface area contributed by atoms with Gasteiger partial charge in [0.1, 0.15) is 11.6 Å². The van der Waals surface area contributed by atoms with Gasteiger partial charge in [0, 0.05) is 10.7 Å². The topological polar surface area (TPSA) is 38.3 Å². The van der Waals surface area contributed by atoms with E-state index in [1.807, 2.05) is 6.92 Å². The van der Waals surface area contributed by atoms with Crippen LogP contribution in [0.4, 0.5) is 10.1 Å². The Kier molecular flexibility index (Phi) is 4.81. The molecule has 1 amide bonds. The van der Waals surface area contributed by atoms with E-state index in [0.717, 1.165) is 11.1 Å². The minimum atomic E-state index is -0.398. The van der Waals surface area contributed by atoms with Crippen LogP contribution in [-0.4, -0.2) is 12.5 Å². The first kappa shape index (κ1) is 15.3. The van der Waals surface area contributed by atoms with Crippen LogP contribution in [0.15, 0.2) is 36.4 Å². The van der Waals surface area contributed by atoms with Crippen molar-refractivity contribution in [3.8, 4) is 5.75 Å². The van der Waals surface area contributed by atoms with Crippen molar-refractivity contribution in [1.29, 1.82) is 0 Å². The van der Waals surface area contributed by atoms with Crippen molar-refractivity contribution in [1.82, 2.24) is 0 Å². The lowest BCUT2D eigenvalue weighted by molar-refractivity contribution is -0.118. The minimum Gasteiger partial charge on any atom is -0.484 e. The van der Waals surface area contributed by atoms with E-state index >= 15 is 0 Å². The van der Waals surface area contributed by atoms with E-state index in [2.05, 4.69) is 5.32 Å². The third-order valence-electron chi connectivity index (χ3n) is 2.97. The van der Waals surface area contributed by atoms with Gasteiger partial charge < -0.3 is 10.1 Å². The largest absolute Gasteiger partial charge is 0.484 e. The molecule has 0 aliphatic heterocycles. The van der Waals surface area contributed by atoms with Crippen LogP contribution in [0, 0.1) is 19.7 Å². The first-order valence-corrected chi connectivity index (χ1v) is 6.78. The van der Waals surface area contributed by atoms with Crippen LogP contribution >= 0.6 is 11.6 Å². The van der Waals surface area contributed by atoms with E-state index in [-0.39, 0.29) is 12.5 Å². The number of benzene rings is 2. The molecular weight excluding hydrogens is 293 g/mol. The molecule has 0 saturated carbocycles. The molecule has 0 unspecified atom stereocenters. The van der Waals surface area contributed by atoms with Gasteiger partial charge in [-0.2, -0.15) is 0 Å². The normalized spacial score (nSPS) is 10.3. The molecule has 2 rings (SSSR count). The summed E-state index contributed by atoms with van der Waals surface area (Å²) in [5, 5.41) is 3.26. The van der Waals surface area contributed by atoms with Crippen molar-refractivity contribution in [2.45, 2.75) is 13.8 Å². The molecule has 0 saturated heterocycles. The van der Waals surface area contributed by atoms with Crippen LogP contribution < -0.4 is 10.1 Å². The maximum atomic E-state index is 13.1. The molecule has 2 aromatic rings. The molecule has 1 N–H and O–H groups in total. The quantitative estimate of drug-likeness (QED) is 0.923.